The highest BCUT2D eigenvalue weighted by atomic mass is 16.8. The third-order valence-electron chi connectivity index (χ3n) is 16.4. The Hall–Kier alpha value is -1.07. The molecule has 6 fully saturated rings. The zero-order valence-corrected chi connectivity index (χ0v) is 33.9. The highest BCUT2D eigenvalue weighted by molar-refractivity contribution is 5.62. The summed E-state index contributed by atoms with van der Waals surface area (Å²) in [4.78, 5) is 13.7. The summed E-state index contributed by atoms with van der Waals surface area (Å²) in [5.41, 5.74) is -0.806. The lowest BCUT2D eigenvalue weighted by molar-refractivity contribution is -0.378. The van der Waals surface area contributed by atoms with Crippen molar-refractivity contribution in [2.45, 2.75) is 186 Å². The van der Waals surface area contributed by atoms with Crippen LogP contribution in [-0.4, -0.2) is 133 Å². The molecule has 0 bridgehead atoms. The predicted octanol–water partition coefficient (Wildman–Crippen LogP) is 2.36. The Morgan fingerprint density at radius 3 is 1.98 bits per heavy atom. The second-order valence-corrected chi connectivity index (χ2v) is 19.7. The summed E-state index contributed by atoms with van der Waals surface area (Å²) < 4.78 is 24.3. The molecule has 2 aliphatic heterocycles. The predicted molar refractivity (Wildman–Crippen MR) is 200 cm³/mol. The maximum Gasteiger partial charge on any atom is 0.187 e. The van der Waals surface area contributed by atoms with Crippen LogP contribution in [-0.2, 0) is 23.7 Å². The highest BCUT2D eigenvalue weighted by Gasteiger charge is 2.71. The van der Waals surface area contributed by atoms with E-state index in [0.717, 1.165) is 51.4 Å². The van der Waals surface area contributed by atoms with Crippen LogP contribution in [0.1, 0.15) is 113 Å². The molecule has 0 radical (unpaired) electrons. The minimum absolute atomic E-state index is 0.0270. The van der Waals surface area contributed by atoms with E-state index in [1.165, 1.54) is 11.9 Å². The molecule has 13 heteroatoms. The van der Waals surface area contributed by atoms with Gasteiger partial charge in [0.05, 0.1) is 24.9 Å². The zero-order chi connectivity index (χ0) is 40.5. The highest BCUT2D eigenvalue weighted by Crippen LogP contribution is 2.75. The maximum absolute atomic E-state index is 13.7. The molecular weight excluding hydrogens is 712 g/mol. The van der Waals surface area contributed by atoms with Gasteiger partial charge in [0, 0.05) is 5.41 Å². The van der Waals surface area contributed by atoms with Crippen LogP contribution in [0.4, 0.5) is 0 Å². The summed E-state index contributed by atoms with van der Waals surface area (Å²) >= 11 is 0. The number of allylic oxidation sites excluding steroid dienone is 2. The van der Waals surface area contributed by atoms with E-state index in [1.54, 1.807) is 0 Å². The van der Waals surface area contributed by atoms with Crippen molar-refractivity contribution in [1.29, 1.82) is 0 Å². The van der Waals surface area contributed by atoms with E-state index < -0.39 is 97.2 Å². The SMILES string of the molecule is CC(C)=CCCC(C)(O)C1CCC2(C)C1CCC1C3(C=O)CCC(OC4OC(CO)C(O)C(O)C4OC4OC(CO)C(O)C(O)C4O)C(C)(C)C3CCC12C. The number of aliphatic hydroxyl groups is 8. The van der Waals surface area contributed by atoms with E-state index in [2.05, 4.69) is 47.6 Å². The minimum Gasteiger partial charge on any atom is -0.394 e. The average molecular weight is 783 g/mol. The normalized spacial score (nSPS) is 50.6. The van der Waals surface area contributed by atoms with Crippen LogP contribution in [0, 0.1) is 45.3 Å². The molecule has 0 amide bonds. The lowest BCUT2D eigenvalue weighted by Crippen LogP contribution is -2.67. The summed E-state index contributed by atoms with van der Waals surface area (Å²) in [6.07, 6.45) is -4.07. The summed E-state index contributed by atoms with van der Waals surface area (Å²) in [7, 11) is 0. The van der Waals surface area contributed by atoms with E-state index >= 15 is 0 Å². The molecule has 0 aromatic rings. The van der Waals surface area contributed by atoms with Crippen LogP contribution in [0.5, 0.6) is 0 Å². The lowest BCUT2D eigenvalue weighted by atomic mass is 9.35. The van der Waals surface area contributed by atoms with Crippen molar-refractivity contribution in [2.24, 2.45) is 45.3 Å². The zero-order valence-electron chi connectivity index (χ0n) is 33.9. The number of hydrogen-bond acceptors (Lipinski definition) is 13. The van der Waals surface area contributed by atoms with Gasteiger partial charge in [-0.1, -0.05) is 39.3 Å². The van der Waals surface area contributed by atoms with Crippen molar-refractivity contribution in [3.63, 3.8) is 0 Å². The van der Waals surface area contributed by atoms with Crippen LogP contribution in [0.15, 0.2) is 11.6 Å². The Labute approximate surface area is 326 Å². The largest absolute Gasteiger partial charge is 0.394 e. The fourth-order valence-electron chi connectivity index (χ4n) is 13.1. The van der Waals surface area contributed by atoms with Crippen molar-refractivity contribution in [1.82, 2.24) is 0 Å². The number of rotatable bonds is 11. The van der Waals surface area contributed by atoms with Crippen LogP contribution in [0.3, 0.4) is 0 Å². The Bertz CT molecular complexity index is 1380. The second kappa shape index (κ2) is 15.8. The monoisotopic (exact) mass is 782 g/mol. The van der Waals surface area contributed by atoms with Crippen molar-refractivity contribution < 1.29 is 64.6 Å². The summed E-state index contributed by atoms with van der Waals surface area (Å²) in [5.74, 6) is 0.678. The van der Waals surface area contributed by atoms with E-state index in [9.17, 15) is 45.6 Å². The van der Waals surface area contributed by atoms with E-state index in [1.807, 2.05) is 6.92 Å². The van der Waals surface area contributed by atoms with Gasteiger partial charge in [-0.05, 0) is 125 Å². The molecule has 19 atom stereocenters. The molecule has 19 unspecified atom stereocenters. The number of ether oxygens (including phenoxy) is 4. The number of hydrogen-bond donors (Lipinski definition) is 8. The minimum atomic E-state index is -1.77. The van der Waals surface area contributed by atoms with Gasteiger partial charge in [-0.2, -0.15) is 0 Å². The van der Waals surface area contributed by atoms with Crippen molar-refractivity contribution in [3.8, 4) is 0 Å². The fourth-order valence-corrected chi connectivity index (χ4v) is 13.1. The van der Waals surface area contributed by atoms with Crippen LogP contribution >= 0.6 is 0 Å². The molecule has 4 aliphatic carbocycles. The maximum atomic E-state index is 13.7. The standard InChI is InChI=1S/C42H70O13/c1-22(2)9-8-15-41(7,51)24-12-16-39(5)23(24)10-11-28-40(39,6)17-13-27-38(3,4)29(14-18-42(27,28)21-45)54-37-35(33(49)31(47)26(20-44)53-37)55-36-34(50)32(48)30(46)25(19-43)52-36/h9,21,23-37,43-44,46-51H,8,10-20H2,1-7H3. The van der Waals surface area contributed by atoms with Gasteiger partial charge in [-0.25, -0.2) is 0 Å². The molecule has 0 aromatic carbocycles. The first-order chi connectivity index (χ1) is 25.7. The van der Waals surface area contributed by atoms with Crippen LogP contribution in [0.25, 0.3) is 0 Å². The van der Waals surface area contributed by atoms with E-state index in [4.69, 9.17) is 18.9 Å². The average Bonchev–Trinajstić information content (AvgIpc) is 3.50. The Balaban J connectivity index is 1.23. The van der Waals surface area contributed by atoms with Crippen molar-refractivity contribution in [2.75, 3.05) is 13.2 Å². The number of aliphatic hydroxyl groups excluding tert-OH is 7. The molecule has 6 aliphatic rings. The number of fused-ring (bicyclic) bond motifs is 5. The van der Waals surface area contributed by atoms with Gasteiger partial charge in [-0.15, -0.1) is 0 Å². The first-order valence-electron chi connectivity index (χ1n) is 20.8. The molecule has 0 spiro atoms. The summed E-state index contributed by atoms with van der Waals surface area (Å²) in [6.45, 7) is 14.0. The van der Waals surface area contributed by atoms with Gasteiger partial charge in [0.2, 0.25) is 0 Å². The number of aldehydes is 1. The summed E-state index contributed by atoms with van der Waals surface area (Å²) in [6, 6.07) is 0. The van der Waals surface area contributed by atoms with Gasteiger partial charge in [0.25, 0.3) is 0 Å². The Morgan fingerprint density at radius 2 is 1.36 bits per heavy atom. The van der Waals surface area contributed by atoms with Crippen LogP contribution < -0.4 is 0 Å². The van der Waals surface area contributed by atoms with Gasteiger partial charge in [-0.3, -0.25) is 0 Å². The third-order valence-corrected chi connectivity index (χ3v) is 16.4. The Morgan fingerprint density at radius 1 is 0.745 bits per heavy atom. The fraction of sp³-hybridized carbons (Fsp3) is 0.929. The second-order valence-electron chi connectivity index (χ2n) is 19.7. The number of carbonyl (C=O) groups excluding carboxylic acids is 1. The van der Waals surface area contributed by atoms with E-state index in [-0.39, 0.29) is 28.6 Å². The van der Waals surface area contributed by atoms with Crippen molar-refractivity contribution in [3.05, 3.63) is 11.6 Å². The molecular formula is C42H70O13. The van der Waals surface area contributed by atoms with Gasteiger partial charge in [0.1, 0.15) is 55.1 Å². The lowest BCUT2D eigenvalue weighted by Gasteiger charge is -2.69. The van der Waals surface area contributed by atoms with Crippen molar-refractivity contribution >= 4 is 6.29 Å². The van der Waals surface area contributed by atoms with E-state index in [0.29, 0.717) is 18.8 Å². The molecule has 0 aromatic heterocycles. The van der Waals surface area contributed by atoms with Gasteiger partial charge >= 0.3 is 0 Å². The molecule has 6 rings (SSSR count). The van der Waals surface area contributed by atoms with Gasteiger partial charge < -0.3 is 64.6 Å². The topological polar surface area (TPSA) is 216 Å². The quantitative estimate of drug-likeness (QED) is 0.0860. The molecule has 316 valence electrons. The molecule has 13 nitrogen and oxygen atoms in total. The van der Waals surface area contributed by atoms with Gasteiger partial charge in [0.15, 0.2) is 12.6 Å². The first kappa shape index (κ1) is 43.5. The Kier molecular flexibility index (Phi) is 12.5. The first-order valence-corrected chi connectivity index (χ1v) is 20.8. The molecule has 2 saturated heterocycles. The number of carbonyl (C=O) groups is 1. The van der Waals surface area contributed by atoms with Crippen LogP contribution in [0.2, 0.25) is 0 Å². The smallest absolute Gasteiger partial charge is 0.187 e. The molecule has 55 heavy (non-hydrogen) atoms. The molecule has 2 heterocycles. The third kappa shape index (κ3) is 7.11. The molecule has 8 N–H and O–H groups in total. The summed E-state index contributed by atoms with van der Waals surface area (Å²) in [5, 5.41) is 85.1. The molecule has 4 saturated carbocycles.